The largest absolute Gasteiger partial charge is 0.393 e. The highest BCUT2D eigenvalue weighted by Gasteiger charge is 2.46. The average Bonchev–Trinajstić information content (AvgIpc) is 3.41. The molecule has 3 rings (SSSR count). The zero-order chi connectivity index (χ0) is 23.3. The summed E-state index contributed by atoms with van der Waals surface area (Å²) in [6, 6.07) is 6.76. The average molecular weight is 456 g/mol. The zero-order valence-electron chi connectivity index (χ0n) is 17.3. The van der Waals surface area contributed by atoms with Crippen LogP contribution in [0.3, 0.4) is 0 Å². The molecule has 176 valence electrons. The number of carbonyl (C=O) groups excluding carboxylic acids is 3. The van der Waals surface area contributed by atoms with Gasteiger partial charge in [0.1, 0.15) is 0 Å². The third kappa shape index (κ3) is 6.19. The van der Waals surface area contributed by atoms with E-state index >= 15 is 0 Å². The Kier molecular flexibility index (Phi) is 7.73. The molecule has 0 aliphatic carbocycles. The normalized spacial score (nSPS) is 25.1. The highest BCUT2D eigenvalue weighted by atomic mass is 19.4. The Balaban J connectivity index is 1.63. The lowest BCUT2D eigenvalue weighted by Crippen LogP contribution is -2.54. The molecule has 8 nitrogen and oxygen atoms in total. The van der Waals surface area contributed by atoms with Crippen LogP contribution in [0.25, 0.3) is 0 Å². The molecule has 2 aliphatic rings. The van der Waals surface area contributed by atoms with Crippen molar-refractivity contribution in [3.05, 3.63) is 35.9 Å². The summed E-state index contributed by atoms with van der Waals surface area (Å²) in [7, 11) is 0. The maximum atomic E-state index is 12.9. The van der Waals surface area contributed by atoms with Crippen molar-refractivity contribution in [2.45, 2.75) is 50.2 Å². The molecule has 0 saturated carbocycles. The summed E-state index contributed by atoms with van der Waals surface area (Å²) >= 11 is 0. The summed E-state index contributed by atoms with van der Waals surface area (Å²) < 4.78 is 38.8. The van der Waals surface area contributed by atoms with E-state index in [4.69, 9.17) is 0 Å². The van der Waals surface area contributed by atoms with Crippen LogP contribution < -0.4 is 21.3 Å². The quantitative estimate of drug-likeness (QED) is 0.383. The second-order valence-electron chi connectivity index (χ2n) is 8.21. The van der Waals surface area contributed by atoms with Crippen LogP contribution in [-0.4, -0.2) is 60.3 Å². The van der Waals surface area contributed by atoms with Gasteiger partial charge in [0.05, 0.1) is 18.0 Å². The van der Waals surface area contributed by atoms with Crippen LogP contribution >= 0.6 is 0 Å². The Labute approximate surface area is 183 Å². The number of hydrogen-bond acceptors (Lipinski definition) is 5. The van der Waals surface area contributed by atoms with Crippen LogP contribution in [0.15, 0.2) is 30.3 Å². The minimum atomic E-state index is -4.42. The summed E-state index contributed by atoms with van der Waals surface area (Å²) in [5, 5.41) is 20.9. The van der Waals surface area contributed by atoms with E-state index in [1.54, 1.807) is 24.3 Å². The van der Waals surface area contributed by atoms with Crippen molar-refractivity contribution in [2.75, 3.05) is 13.1 Å². The predicted octanol–water partition coefficient (Wildman–Crippen LogP) is 0.215. The number of hydrogen-bond donors (Lipinski definition) is 5. The van der Waals surface area contributed by atoms with Crippen molar-refractivity contribution >= 4 is 17.7 Å². The molecule has 5 atom stereocenters. The maximum Gasteiger partial charge on any atom is 0.393 e. The fourth-order valence-electron chi connectivity index (χ4n) is 3.98. The number of alkyl halides is 3. The molecule has 2 aliphatic heterocycles. The molecule has 0 radical (unpaired) electrons. The van der Waals surface area contributed by atoms with E-state index in [9.17, 15) is 32.7 Å². The van der Waals surface area contributed by atoms with Crippen molar-refractivity contribution < 1.29 is 32.7 Å². The van der Waals surface area contributed by atoms with Gasteiger partial charge in [0, 0.05) is 25.6 Å². The third-order valence-electron chi connectivity index (χ3n) is 5.90. The molecule has 0 aromatic heterocycles. The van der Waals surface area contributed by atoms with Crippen molar-refractivity contribution in [1.29, 1.82) is 0 Å². The molecule has 5 N–H and O–H groups in total. The topological polar surface area (TPSA) is 120 Å². The molecular weight excluding hydrogens is 429 g/mol. The van der Waals surface area contributed by atoms with Crippen molar-refractivity contribution in [3.8, 4) is 0 Å². The van der Waals surface area contributed by atoms with Gasteiger partial charge in [-0.15, -0.1) is 0 Å². The van der Waals surface area contributed by atoms with Gasteiger partial charge in [-0.1, -0.05) is 30.3 Å². The number of nitrogens with one attached hydrogen (secondary N) is 4. The number of benzene rings is 1. The molecule has 1 aromatic carbocycles. The summed E-state index contributed by atoms with van der Waals surface area (Å²) in [5.74, 6) is -3.90. The van der Waals surface area contributed by atoms with E-state index in [2.05, 4.69) is 21.3 Å². The number of carbonyl (C=O) groups is 3. The van der Waals surface area contributed by atoms with Gasteiger partial charge in [-0.25, -0.2) is 0 Å². The number of amides is 3. The molecule has 3 amide bonds. The maximum absolute atomic E-state index is 12.9. The van der Waals surface area contributed by atoms with Gasteiger partial charge in [-0.2, -0.15) is 13.2 Å². The smallest absolute Gasteiger partial charge is 0.381 e. The SMILES string of the molecule is O=C(NCc1ccccc1)C(O)[C@H](C[C@@H]1CCNC1=O)NC(=O)[C@@H]1C[C@@H](C(F)(F)F)CN1. The van der Waals surface area contributed by atoms with E-state index in [1.165, 1.54) is 0 Å². The molecular formula is C21H27F3N4O4. The highest BCUT2D eigenvalue weighted by Crippen LogP contribution is 2.32. The number of aliphatic hydroxyl groups excluding tert-OH is 1. The fourth-order valence-corrected chi connectivity index (χ4v) is 3.98. The molecule has 2 saturated heterocycles. The Morgan fingerprint density at radius 3 is 2.53 bits per heavy atom. The van der Waals surface area contributed by atoms with Crippen molar-refractivity contribution in [2.24, 2.45) is 11.8 Å². The molecule has 1 unspecified atom stereocenters. The predicted molar refractivity (Wildman–Crippen MR) is 108 cm³/mol. The number of aliphatic hydroxyl groups is 1. The molecule has 11 heteroatoms. The number of rotatable bonds is 8. The van der Waals surface area contributed by atoms with Gasteiger partial charge in [0.25, 0.3) is 5.91 Å². The Bertz CT molecular complexity index is 821. The molecule has 1 aromatic rings. The third-order valence-corrected chi connectivity index (χ3v) is 5.90. The van der Waals surface area contributed by atoms with E-state index in [0.717, 1.165) is 5.56 Å². The first kappa shape index (κ1) is 24.0. The first-order valence-electron chi connectivity index (χ1n) is 10.5. The molecule has 0 bridgehead atoms. The Hall–Kier alpha value is -2.66. The van der Waals surface area contributed by atoms with Gasteiger partial charge < -0.3 is 26.4 Å². The van der Waals surface area contributed by atoms with E-state index in [-0.39, 0.29) is 25.4 Å². The lowest BCUT2D eigenvalue weighted by molar-refractivity contribution is -0.169. The standard InChI is InChI=1S/C21H27F3N4O4/c22-21(23,24)14-9-16(26-11-14)19(31)28-15(8-13-6-7-25-18(13)30)17(29)20(32)27-10-12-4-2-1-3-5-12/h1-5,13-17,26,29H,6-11H2,(H,25,30)(H,27,32)(H,28,31)/t13-,14+,15-,16-,17?/m0/s1. The first-order chi connectivity index (χ1) is 15.1. The van der Waals surface area contributed by atoms with Crippen LogP contribution in [-0.2, 0) is 20.9 Å². The summed E-state index contributed by atoms with van der Waals surface area (Å²) in [6.45, 7) is 0.216. The highest BCUT2D eigenvalue weighted by molar-refractivity contribution is 5.86. The van der Waals surface area contributed by atoms with Gasteiger partial charge in [-0.05, 0) is 24.8 Å². The molecule has 32 heavy (non-hydrogen) atoms. The fraction of sp³-hybridized carbons (Fsp3) is 0.571. The first-order valence-corrected chi connectivity index (χ1v) is 10.5. The minimum absolute atomic E-state index is 0.00703. The summed E-state index contributed by atoms with van der Waals surface area (Å²) in [5.41, 5.74) is 0.803. The van der Waals surface area contributed by atoms with Crippen LogP contribution in [0, 0.1) is 11.8 Å². The number of halogens is 3. The second kappa shape index (κ2) is 10.3. The molecule has 2 fully saturated rings. The zero-order valence-corrected chi connectivity index (χ0v) is 17.3. The van der Waals surface area contributed by atoms with Gasteiger partial charge in [0.2, 0.25) is 11.8 Å². The lowest BCUT2D eigenvalue weighted by Gasteiger charge is -2.26. The van der Waals surface area contributed by atoms with Gasteiger partial charge in [0.15, 0.2) is 6.10 Å². The van der Waals surface area contributed by atoms with Crippen molar-refractivity contribution in [1.82, 2.24) is 21.3 Å². The van der Waals surface area contributed by atoms with Crippen LogP contribution in [0.5, 0.6) is 0 Å². The lowest BCUT2D eigenvalue weighted by atomic mass is 9.94. The summed E-state index contributed by atoms with van der Waals surface area (Å²) in [4.78, 5) is 37.1. The molecule has 0 spiro atoms. The second-order valence-corrected chi connectivity index (χ2v) is 8.21. The summed E-state index contributed by atoms with van der Waals surface area (Å²) in [6.07, 6.45) is -6.05. The van der Waals surface area contributed by atoms with Crippen LogP contribution in [0.1, 0.15) is 24.8 Å². The minimum Gasteiger partial charge on any atom is -0.381 e. The van der Waals surface area contributed by atoms with Crippen molar-refractivity contribution in [3.63, 3.8) is 0 Å². The monoisotopic (exact) mass is 456 g/mol. The Morgan fingerprint density at radius 1 is 1.22 bits per heavy atom. The van der Waals surface area contributed by atoms with Gasteiger partial charge in [-0.3, -0.25) is 14.4 Å². The van der Waals surface area contributed by atoms with E-state index in [0.29, 0.717) is 13.0 Å². The van der Waals surface area contributed by atoms with Gasteiger partial charge >= 0.3 is 6.18 Å². The van der Waals surface area contributed by atoms with Crippen LogP contribution in [0.2, 0.25) is 0 Å². The van der Waals surface area contributed by atoms with E-state index in [1.807, 2.05) is 6.07 Å². The molecule has 2 heterocycles. The van der Waals surface area contributed by atoms with E-state index < -0.39 is 54.4 Å². The van der Waals surface area contributed by atoms with Crippen LogP contribution in [0.4, 0.5) is 13.2 Å². The Morgan fingerprint density at radius 2 is 1.94 bits per heavy atom.